The molecule has 3 aliphatic rings. The fourth-order valence-corrected chi connectivity index (χ4v) is 4.46. The first kappa shape index (κ1) is 16.7. The summed E-state index contributed by atoms with van der Waals surface area (Å²) in [5, 5.41) is 6.28. The normalized spacial score (nSPS) is 31.1. The second-order valence-electron chi connectivity index (χ2n) is 7.27. The Kier molecular flexibility index (Phi) is 4.12. The van der Waals surface area contributed by atoms with Crippen LogP contribution in [-0.4, -0.2) is 48.0 Å². The molecule has 0 aromatic heterocycles. The van der Waals surface area contributed by atoms with Crippen LogP contribution >= 0.6 is 11.6 Å². The highest BCUT2D eigenvalue weighted by atomic mass is 35.5. The van der Waals surface area contributed by atoms with Crippen molar-refractivity contribution in [1.29, 1.82) is 0 Å². The summed E-state index contributed by atoms with van der Waals surface area (Å²) in [5.74, 6) is -0.0473. The molecule has 1 aromatic rings. The maximum atomic E-state index is 12.9. The fraction of sp³-hybridized carbons (Fsp3) is 0.556. The molecule has 134 valence electrons. The third-order valence-electron chi connectivity index (χ3n) is 5.65. The van der Waals surface area contributed by atoms with E-state index in [1.165, 1.54) is 12.8 Å². The number of nitrogens with one attached hydrogen (secondary N) is 2. The van der Waals surface area contributed by atoms with E-state index in [4.69, 9.17) is 16.3 Å². The number of carbonyl (C=O) groups excluding carboxylic acids is 2. The molecule has 0 spiro atoms. The summed E-state index contributed by atoms with van der Waals surface area (Å²) < 4.78 is 5.67. The molecule has 2 amide bonds. The van der Waals surface area contributed by atoms with E-state index < -0.39 is 6.10 Å². The molecule has 3 unspecified atom stereocenters. The van der Waals surface area contributed by atoms with Crippen LogP contribution in [0.15, 0.2) is 12.1 Å². The van der Waals surface area contributed by atoms with Gasteiger partial charge in [0, 0.05) is 23.1 Å². The van der Waals surface area contributed by atoms with E-state index in [9.17, 15) is 9.59 Å². The summed E-state index contributed by atoms with van der Waals surface area (Å²) in [7, 11) is 2.17. The number of hydrogen-bond donors (Lipinski definition) is 2. The van der Waals surface area contributed by atoms with Crippen molar-refractivity contribution in [3.05, 3.63) is 22.7 Å². The van der Waals surface area contributed by atoms with Crippen LogP contribution in [0.4, 0.5) is 5.69 Å². The van der Waals surface area contributed by atoms with Crippen molar-refractivity contribution in [3.8, 4) is 5.75 Å². The van der Waals surface area contributed by atoms with Gasteiger partial charge in [-0.25, -0.2) is 0 Å². The van der Waals surface area contributed by atoms with Gasteiger partial charge in [-0.1, -0.05) is 11.6 Å². The first-order valence-corrected chi connectivity index (χ1v) is 9.14. The second-order valence-corrected chi connectivity index (χ2v) is 7.71. The number of ether oxygens (including phenoxy) is 1. The number of hydrogen-bond acceptors (Lipinski definition) is 4. The van der Waals surface area contributed by atoms with Gasteiger partial charge in [0.05, 0.1) is 11.3 Å². The molecule has 2 bridgehead atoms. The molecule has 3 aliphatic heterocycles. The number of anilines is 1. The van der Waals surface area contributed by atoms with Crippen LogP contribution in [0.25, 0.3) is 0 Å². The van der Waals surface area contributed by atoms with E-state index in [1.54, 1.807) is 19.1 Å². The van der Waals surface area contributed by atoms with Crippen molar-refractivity contribution in [2.75, 3.05) is 12.4 Å². The number of rotatable bonds is 2. The lowest BCUT2D eigenvalue weighted by Crippen LogP contribution is -2.48. The molecule has 25 heavy (non-hydrogen) atoms. The number of halogens is 1. The van der Waals surface area contributed by atoms with E-state index in [2.05, 4.69) is 22.6 Å². The van der Waals surface area contributed by atoms with Crippen LogP contribution in [-0.2, 0) is 4.79 Å². The summed E-state index contributed by atoms with van der Waals surface area (Å²) in [6, 6.07) is 4.46. The van der Waals surface area contributed by atoms with Gasteiger partial charge in [-0.05, 0) is 51.8 Å². The number of piperidine rings is 1. The zero-order valence-corrected chi connectivity index (χ0v) is 15.1. The minimum absolute atomic E-state index is 0.159. The maximum absolute atomic E-state index is 12.9. The zero-order valence-electron chi connectivity index (χ0n) is 14.3. The minimum Gasteiger partial charge on any atom is -0.478 e. The summed E-state index contributed by atoms with van der Waals surface area (Å²) in [6.45, 7) is 1.66. The van der Waals surface area contributed by atoms with E-state index in [0.29, 0.717) is 34.1 Å². The number of amides is 2. The highest BCUT2D eigenvalue weighted by Gasteiger charge is 2.39. The Balaban J connectivity index is 1.56. The molecule has 2 N–H and O–H groups in total. The highest BCUT2D eigenvalue weighted by molar-refractivity contribution is 6.31. The summed E-state index contributed by atoms with van der Waals surface area (Å²) in [5.41, 5.74) is 0.824. The molecule has 1 aromatic carbocycles. The molecular weight excluding hydrogens is 342 g/mol. The molecule has 0 aliphatic carbocycles. The number of fused-ring (bicyclic) bond motifs is 3. The Morgan fingerprint density at radius 1 is 1.32 bits per heavy atom. The van der Waals surface area contributed by atoms with E-state index in [1.807, 2.05) is 0 Å². The first-order valence-electron chi connectivity index (χ1n) is 8.76. The van der Waals surface area contributed by atoms with Crippen molar-refractivity contribution >= 4 is 29.1 Å². The molecule has 2 fully saturated rings. The van der Waals surface area contributed by atoms with Crippen LogP contribution in [0.1, 0.15) is 43.0 Å². The molecule has 2 saturated heterocycles. The molecule has 0 radical (unpaired) electrons. The Labute approximate surface area is 151 Å². The van der Waals surface area contributed by atoms with Gasteiger partial charge < -0.3 is 20.3 Å². The lowest BCUT2D eigenvalue weighted by Gasteiger charge is -2.36. The Morgan fingerprint density at radius 2 is 2.00 bits per heavy atom. The largest absolute Gasteiger partial charge is 0.478 e. The third-order valence-corrected chi connectivity index (χ3v) is 5.87. The highest BCUT2D eigenvalue weighted by Crippen LogP contribution is 2.37. The van der Waals surface area contributed by atoms with Crippen LogP contribution in [0.3, 0.4) is 0 Å². The van der Waals surface area contributed by atoms with Gasteiger partial charge >= 0.3 is 0 Å². The van der Waals surface area contributed by atoms with E-state index >= 15 is 0 Å². The van der Waals surface area contributed by atoms with Gasteiger partial charge in [0.1, 0.15) is 0 Å². The van der Waals surface area contributed by atoms with Gasteiger partial charge in [0.2, 0.25) is 0 Å². The van der Waals surface area contributed by atoms with Crippen molar-refractivity contribution in [2.45, 2.75) is 56.8 Å². The van der Waals surface area contributed by atoms with Gasteiger partial charge in [-0.15, -0.1) is 0 Å². The Hall–Kier alpha value is -1.79. The third kappa shape index (κ3) is 2.98. The number of benzene rings is 1. The van der Waals surface area contributed by atoms with E-state index in [0.717, 1.165) is 12.8 Å². The molecule has 4 rings (SSSR count). The van der Waals surface area contributed by atoms with Crippen LogP contribution in [0.2, 0.25) is 5.02 Å². The van der Waals surface area contributed by atoms with Crippen LogP contribution in [0.5, 0.6) is 5.75 Å². The van der Waals surface area contributed by atoms with Crippen LogP contribution in [0, 0.1) is 0 Å². The Morgan fingerprint density at radius 3 is 2.68 bits per heavy atom. The predicted molar refractivity (Wildman–Crippen MR) is 95.2 cm³/mol. The maximum Gasteiger partial charge on any atom is 0.265 e. The monoisotopic (exact) mass is 363 g/mol. The Bertz CT molecular complexity index is 725. The quantitative estimate of drug-likeness (QED) is 0.846. The van der Waals surface area contributed by atoms with E-state index in [-0.39, 0.29) is 17.9 Å². The second kappa shape index (κ2) is 6.18. The van der Waals surface area contributed by atoms with Crippen molar-refractivity contribution in [3.63, 3.8) is 0 Å². The average Bonchev–Trinajstić information content (AvgIpc) is 2.78. The summed E-state index contributed by atoms with van der Waals surface area (Å²) in [6.07, 6.45) is 3.70. The van der Waals surface area contributed by atoms with Crippen molar-refractivity contribution < 1.29 is 14.3 Å². The zero-order chi connectivity index (χ0) is 17.7. The summed E-state index contributed by atoms with van der Waals surface area (Å²) in [4.78, 5) is 27.1. The van der Waals surface area contributed by atoms with Gasteiger partial charge in [0.25, 0.3) is 11.8 Å². The first-order chi connectivity index (χ1) is 11.9. The number of carbonyl (C=O) groups is 2. The molecule has 7 heteroatoms. The molecular formula is C18H22ClN3O3. The molecule has 3 heterocycles. The number of nitrogens with zero attached hydrogens (tertiary/aromatic N) is 1. The molecule has 3 atom stereocenters. The minimum atomic E-state index is -0.639. The SMILES string of the molecule is CC1Oc2c(cc(Cl)cc2C(=O)NC2CC3CCC(C2)N3C)NC1=O. The molecule has 6 nitrogen and oxygen atoms in total. The lowest BCUT2D eigenvalue weighted by molar-refractivity contribution is -0.122. The predicted octanol–water partition coefficient (Wildman–Crippen LogP) is 2.41. The van der Waals surface area contributed by atoms with Crippen molar-refractivity contribution in [2.24, 2.45) is 0 Å². The fourth-order valence-electron chi connectivity index (χ4n) is 4.24. The standard InChI is InChI=1S/C18H22ClN3O3/c1-9-17(23)21-15-6-10(19)5-14(16(15)25-9)18(24)20-11-7-12-3-4-13(8-11)22(12)2/h5-6,9,11-13H,3-4,7-8H2,1-2H3,(H,20,24)(H,21,23). The smallest absolute Gasteiger partial charge is 0.265 e. The van der Waals surface area contributed by atoms with Crippen molar-refractivity contribution in [1.82, 2.24) is 10.2 Å². The van der Waals surface area contributed by atoms with Crippen LogP contribution < -0.4 is 15.4 Å². The average molecular weight is 364 g/mol. The lowest BCUT2D eigenvalue weighted by atomic mass is 9.97. The van der Waals surface area contributed by atoms with Gasteiger partial charge in [0.15, 0.2) is 11.9 Å². The topological polar surface area (TPSA) is 70.7 Å². The molecule has 0 saturated carbocycles. The van der Waals surface area contributed by atoms with Gasteiger partial charge in [-0.2, -0.15) is 0 Å². The van der Waals surface area contributed by atoms with Gasteiger partial charge in [-0.3, -0.25) is 9.59 Å². The summed E-state index contributed by atoms with van der Waals surface area (Å²) >= 11 is 6.13.